The van der Waals surface area contributed by atoms with Crippen molar-refractivity contribution < 1.29 is 9.59 Å². The highest BCUT2D eigenvalue weighted by molar-refractivity contribution is 7.10. The maximum absolute atomic E-state index is 13.5. The fraction of sp³-hybridized carbons (Fsp3) is 0.161. The minimum absolute atomic E-state index is 0.0613. The molecule has 2 heterocycles. The molecule has 4 aromatic rings. The molecule has 0 spiro atoms. The number of nitrogens with zero attached hydrogens (tertiary/aromatic N) is 2. The number of rotatable bonds is 7. The van der Waals surface area contributed by atoms with Gasteiger partial charge in [-0.3, -0.25) is 14.5 Å². The van der Waals surface area contributed by atoms with Crippen molar-refractivity contribution in [1.82, 2.24) is 9.80 Å². The standard InChI is InChI=1S/C31H29N3O2S/c35-29(18-17-26-14-9-23-37-26)32-28-16-8-7-15-27(28)31(36)34-21-19-33(20-22-34)30(24-10-3-1-4-11-24)25-12-5-2-6-13-25/h1-18,23,30H,19-22H2,(H,32,35)/b18-17+. The fourth-order valence-corrected chi connectivity index (χ4v) is 5.35. The van der Waals surface area contributed by atoms with Crippen LogP contribution in [0.15, 0.2) is 109 Å². The number of carbonyl (C=O) groups excluding carboxylic acids is 2. The van der Waals surface area contributed by atoms with E-state index in [2.05, 4.69) is 58.7 Å². The minimum atomic E-state index is -0.257. The lowest BCUT2D eigenvalue weighted by Gasteiger charge is -2.40. The summed E-state index contributed by atoms with van der Waals surface area (Å²) in [5.41, 5.74) is 3.54. The predicted molar refractivity (Wildman–Crippen MR) is 151 cm³/mol. The number of thiophene rings is 1. The van der Waals surface area contributed by atoms with Gasteiger partial charge in [0.05, 0.1) is 17.3 Å². The molecule has 5 nitrogen and oxygen atoms in total. The van der Waals surface area contributed by atoms with Crippen molar-refractivity contribution in [3.63, 3.8) is 0 Å². The molecule has 1 aromatic heterocycles. The van der Waals surface area contributed by atoms with Gasteiger partial charge >= 0.3 is 0 Å². The predicted octanol–water partition coefficient (Wildman–Crippen LogP) is 5.95. The highest BCUT2D eigenvalue weighted by atomic mass is 32.1. The lowest BCUT2D eigenvalue weighted by Crippen LogP contribution is -2.50. The molecule has 1 saturated heterocycles. The third-order valence-corrected chi connectivity index (χ3v) is 7.39. The zero-order valence-electron chi connectivity index (χ0n) is 20.5. The van der Waals surface area contributed by atoms with E-state index in [1.54, 1.807) is 29.5 Å². The van der Waals surface area contributed by atoms with E-state index in [4.69, 9.17) is 0 Å². The number of hydrogen-bond donors (Lipinski definition) is 1. The van der Waals surface area contributed by atoms with Gasteiger partial charge in [-0.1, -0.05) is 78.9 Å². The average molecular weight is 508 g/mol. The second-order valence-electron chi connectivity index (χ2n) is 8.94. The van der Waals surface area contributed by atoms with Crippen molar-refractivity contribution in [2.24, 2.45) is 0 Å². The summed E-state index contributed by atoms with van der Waals surface area (Å²) in [5, 5.41) is 4.85. The molecule has 0 atom stereocenters. The zero-order chi connectivity index (χ0) is 25.5. The molecule has 6 heteroatoms. The molecule has 0 saturated carbocycles. The van der Waals surface area contributed by atoms with Crippen molar-refractivity contribution >= 4 is 34.9 Å². The minimum Gasteiger partial charge on any atom is -0.336 e. The Morgan fingerprint density at radius 2 is 1.38 bits per heavy atom. The number of nitrogens with one attached hydrogen (secondary N) is 1. The molecule has 0 unspecified atom stereocenters. The van der Waals surface area contributed by atoms with Gasteiger partial charge in [0.15, 0.2) is 0 Å². The molecule has 37 heavy (non-hydrogen) atoms. The number of amides is 2. The highest BCUT2D eigenvalue weighted by Crippen LogP contribution is 2.30. The first-order valence-corrected chi connectivity index (χ1v) is 13.3. The molecule has 5 rings (SSSR count). The molecule has 3 aromatic carbocycles. The summed E-state index contributed by atoms with van der Waals surface area (Å²) in [4.78, 5) is 31.4. The van der Waals surface area contributed by atoms with Gasteiger partial charge in [-0.05, 0) is 40.8 Å². The first-order valence-electron chi connectivity index (χ1n) is 12.4. The summed E-state index contributed by atoms with van der Waals surface area (Å²) >= 11 is 1.57. The first-order chi connectivity index (χ1) is 18.2. The lowest BCUT2D eigenvalue weighted by molar-refractivity contribution is -0.111. The van der Waals surface area contributed by atoms with Crippen LogP contribution in [-0.2, 0) is 4.79 Å². The Bertz CT molecular complexity index is 1310. The second kappa shape index (κ2) is 11.8. The quantitative estimate of drug-likeness (QED) is 0.315. The van der Waals surface area contributed by atoms with E-state index >= 15 is 0 Å². The molecule has 0 aliphatic carbocycles. The molecule has 2 amide bonds. The Labute approximate surface area is 221 Å². The van der Waals surface area contributed by atoms with Gasteiger partial charge in [-0.2, -0.15) is 0 Å². The van der Waals surface area contributed by atoms with E-state index in [1.165, 1.54) is 17.2 Å². The first kappa shape index (κ1) is 24.7. The van der Waals surface area contributed by atoms with Crippen LogP contribution in [0.1, 0.15) is 32.4 Å². The van der Waals surface area contributed by atoms with E-state index in [1.807, 2.05) is 46.7 Å². The van der Waals surface area contributed by atoms with Crippen LogP contribution in [0.5, 0.6) is 0 Å². The summed E-state index contributed by atoms with van der Waals surface area (Å²) in [5.74, 6) is -0.319. The van der Waals surface area contributed by atoms with Gasteiger partial charge in [0.2, 0.25) is 5.91 Å². The SMILES string of the molecule is O=C(/C=C/c1cccs1)Nc1ccccc1C(=O)N1CCN(C(c2ccccc2)c2ccccc2)CC1. The monoisotopic (exact) mass is 507 g/mol. The van der Waals surface area contributed by atoms with Crippen molar-refractivity contribution in [2.75, 3.05) is 31.5 Å². The van der Waals surface area contributed by atoms with Crippen molar-refractivity contribution in [1.29, 1.82) is 0 Å². The van der Waals surface area contributed by atoms with Crippen LogP contribution in [0.2, 0.25) is 0 Å². The van der Waals surface area contributed by atoms with Crippen molar-refractivity contribution in [2.45, 2.75) is 6.04 Å². The largest absolute Gasteiger partial charge is 0.336 e. The second-order valence-corrected chi connectivity index (χ2v) is 9.91. The van der Waals surface area contributed by atoms with Crippen molar-refractivity contribution in [3.8, 4) is 0 Å². The van der Waals surface area contributed by atoms with Crippen LogP contribution in [0, 0.1) is 0 Å². The molecule has 1 N–H and O–H groups in total. The van der Waals surface area contributed by atoms with Crippen molar-refractivity contribution in [3.05, 3.63) is 130 Å². The molecular weight excluding hydrogens is 478 g/mol. The van der Waals surface area contributed by atoms with Crippen LogP contribution < -0.4 is 5.32 Å². The number of hydrogen-bond acceptors (Lipinski definition) is 4. The van der Waals surface area contributed by atoms with Gasteiger partial charge in [0.1, 0.15) is 0 Å². The molecule has 0 bridgehead atoms. The van der Waals surface area contributed by atoms with Crippen LogP contribution in [0.25, 0.3) is 6.08 Å². The van der Waals surface area contributed by atoms with E-state index in [0.29, 0.717) is 24.3 Å². The molecule has 0 radical (unpaired) electrons. The van der Waals surface area contributed by atoms with Crippen LogP contribution >= 0.6 is 11.3 Å². The van der Waals surface area contributed by atoms with Gasteiger partial charge < -0.3 is 10.2 Å². The maximum Gasteiger partial charge on any atom is 0.256 e. The third kappa shape index (κ3) is 6.05. The molecule has 186 valence electrons. The summed E-state index contributed by atoms with van der Waals surface area (Å²) in [6.07, 6.45) is 3.28. The number of benzene rings is 3. The smallest absolute Gasteiger partial charge is 0.256 e. The lowest BCUT2D eigenvalue weighted by atomic mass is 9.96. The van der Waals surface area contributed by atoms with Gasteiger partial charge in [0, 0.05) is 37.1 Å². The van der Waals surface area contributed by atoms with Crippen LogP contribution in [0.4, 0.5) is 5.69 Å². The number of para-hydroxylation sites is 1. The third-order valence-electron chi connectivity index (χ3n) is 6.55. The Hall–Kier alpha value is -4.00. The maximum atomic E-state index is 13.5. The van der Waals surface area contributed by atoms with E-state index < -0.39 is 0 Å². The number of anilines is 1. The highest BCUT2D eigenvalue weighted by Gasteiger charge is 2.29. The summed E-state index contributed by atoms with van der Waals surface area (Å²) in [7, 11) is 0. The zero-order valence-corrected chi connectivity index (χ0v) is 21.3. The molecule has 1 aliphatic rings. The topological polar surface area (TPSA) is 52.7 Å². The number of carbonyl (C=O) groups is 2. The van der Waals surface area contributed by atoms with E-state index in [-0.39, 0.29) is 17.9 Å². The molecular formula is C31H29N3O2S. The van der Waals surface area contributed by atoms with Crippen LogP contribution in [0.3, 0.4) is 0 Å². The summed E-state index contributed by atoms with van der Waals surface area (Å²) in [6, 6.07) is 32.3. The Balaban J connectivity index is 1.27. The average Bonchev–Trinajstić information content (AvgIpc) is 3.48. The normalized spacial score (nSPS) is 14.2. The number of piperazine rings is 1. The Kier molecular flexibility index (Phi) is 7.89. The van der Waals surface area contributed by atoms with E-state index in [9.17, 15) is 9.59 Å². The molecule has 1 fully saturated rings. The van der Waals surface area contributed by atoms with Gasteiger partial charge in [0.25, 0.3) is 5.91 Å². The Morgan fingerprint density at radius 1 is 0.757 bits per heavy atom. The van der Waals surface area contributed by atoms with Crippen LogP contribution in [-0.4, -0.2) is 47.8 Å². The van der Waals surface area contributed by atoms with Gasteiger partial charge in [-0.25, -0.2) is 0 Å². The Morgan fingerprint density at radius 3 is 2.00 bits per heavy atom. The fourth-order valence-electron chi connectivity index (χ4n) is 4.74. The summed E-state index contributed by atoms with van der Waals surface area (Å²) in [6.45, 7) is 2.77. The molecule has 1 aliphatic heterocycles. The van der Waals surface area contributed by atoms with Gasteiger partial charge in [-0.15, -0.1) is 11.3 Å². The van der Waals surface area contributed by atoms with E-state index in [0.717, 1.165) is 18.0 Å². The summed E-state index contributed by atoms with van der Waals surface area (Å²) < 4.78 is 0.